The number of aliphatic hydroxyl groups is 1. The number of rotatable bonds is 4. The van der Waals surface area contributed by atoms with Gasteiger partial charge in [0.05, 0.1) is 5.69 Å². The fraction of sp³-hybridized carbons (Fsp3) is 0.455. The first-order chi connectivity index (χ1) is 8.59. The fourth-order valence-electron chi connectivity index (χ4n) is 2.11. The van der Waals surface area contributed by atoms with E-state index in [0.29, 0.717) is 25.2 Å². The summed E-state index contributed by atoms with van der Waals surface area (Å²) in [5, 5.41) is 9.07. The quantitative estimate of drug-likeness (QED) is 0.528. The van der Waals surface area contributed by atoms with E-state index in [1.807, 2.05) is 0 Å². The number of anilines is 1. The number of nitrogen functional groups attached to an aromatic ring is 1. The molecule has 1 aromatic carbocycles. The molecule has 4 N–H and O–H groups in total. The molecule has 6 nitrogen and oxygen atoms in total. The van der Waals surface area contributed by atoms with Crippen LogP contribution in [0.3, 0.4) is 0 Å². The number of sulfonamides is 1. The molecule has 1 saturated heterocycles. The van der Waals surface area contributed by atoms with Crippen LogP contribution in [0.5, 0.6) is 0 Å². The molecule has 1 atom stereocenters. The summed E-state index contributed by atoms with van der Waals surface area (Å²) in [5.41, 5.74) is 2.77. The minimum Gasteiger partial charge on any atom is -0.396 e. The Kier molecular flexibility index (Phi) is 3.86. The number of hydrazine groups is 1. The lowest BCUT2D eigenvalue weighted by Gasteiger charge is -2.18. The van der Waals surface area contributed by atoms with Crippen LogP contribution in [-0.2, 0) is 10.0 Å². The van der Waals surface area contributed by atoms with E-state index in [2.05, 4.69) is 5.43 Å². The number of nitrogens with two attached hydrogens (primary N) is 1. The number of benzene rings is 1. The second-order valence-electron chi connectivity index (χ2n) is 4.34. The molecule has 0 radical (unpaired) electrons. The Morgan fingerprint density at radius 2 is 2.17 bits per heavy atom. The maximum atomic E-state index is 12.4. The Hall–Kier alpha value is -1.15. The molecule has 7 heteroatoms. The molecular formula is C11H17N3O3S. The zero-order valence-electron chi connectivity index (χ0n) is 9.91. The highest BCUT2D eigenvalue weighted by Gasteiger charge is 2.33. The van der Waals surface area contributed by atoms with Gasteiger partial charge >= 0.3 is 0 Å². The van der Waals surface area contributed by atoms with Crippen LogP contribution < -0.4 is 11.3 Å². The van der Waals surface area contributed by atoms with E-state index in [1.165, 1.54) is 10.4 Å². The predicted octanol–water partition coefficient (Wildman–Crippen LogP) is -0.0249. The van der Waals surface area contributed by atoms with Crippen molar-refractivity contribution in [3.63, 3.8) is 0 Å². The van der Waals surface area contributed by atoms with Crippen molar-refractivity contribution >= 4 is 15.7 Å². The maximum Gasteiger partial charge on any atom is 0.245 e. The van der Waals surface area contributed by atoms with Crippen LogP contribution in [0.2, 0.25) is 0 Å². The molecule has 1 aromatic rings. The topological polar surface area (TPSA) is 95.7 Å². The first-order valence-corrected chi connectivity index (χ1v) is 7.20. The van der Waals surface area contributed by atoms with Crippen molar-refractivity contribution in [3.8, 4) is 0 Å². The summed E-state index contributed by atoms with van der Waals surface area (Å²) in [7, 11) is -3.54. The molecule has 1 unspecified atom stereocenters. The van der Waals surface area contributed by atoms with Crippen molar-refractivity contribution in [2.75, 3.05) is 25.1 Å². The highest BCUT2D eigenvalue weighted by molar-refractivity contribution is 7.89. The number of para-hydroxylation sites is 1. The normalized spacial score (nSPS) is 21.1. The molecule has 0 aromatic heterocycles. The zero-order valence-corrected chi connectivity index (χ0v) is 10.7. The summed E-state index contributed by atoms with van der Waals surface area (Å²) in [4.78, 5) is 0.172. The molecular weight excluding hydrogens is 254 g/mol. The second-order valence-corrected chi connectivity index (χ2v) is 6.25. The van der Waals surface area contributed by atoms with Crippen molar-refractivity contribution < 1.29 is 13.5 Å². The minimum absolute atomic E-state index is 0.0167. The van der Waals surface area contributed by atoms with E-state index >= 15 is 0 Å². The Balaban J connectivity index is 2.31. The highest BCUT2D eigenvalue weighted by Crippen LogP contribution is 2.28. The molecule has 18 heavy (non-hydrogen) atoms. The Morgan fingerprint density at radius 1 is 1.44 bits per heavy atom. The van der Waals surface area contributed by atoms with E-state index in [-0.39, 0.29) is 17.4 Å². The first-order valence-electron chi connectivity index (χ1n) is 5.76. The van der Waals surface area contributed by atoms with Gasteiger partial charge in [-0.15, -0.1) is 0 Å². The minimum atomic E-state index is -3.54. The molecule has 1 aliphatic rings. The molecule has 0 amide bonds. The van der Waals surface area contributed by atoms with Gasteiger partial charge in [-0.2, -0.15) is 4.31 Å². The predicted molar refractivity (Wildman–Crippen MR) is 68.2 cm³/mol. The van der Waals surface area contributed by atoms with Gasteiger partial charge in [0.1, 0.15) is 4.90 Å². The third kappa shape index (κ3) is 2.35. The van der Waals surface area contributed by atoms with Gasteiger partial charge in [0.25, 0.3) is 0 Å². The largest absolute Gasteiger partial charge is 0.396 e. The summed E-state index contributed by atoms with van der Waals surface area (Å²) >= 11 is 0. The number of nitrogens with zero attached hydrogens (tertiary/aromatic N) is 1. The Bertz CT molecular complexity index is 518. The maximum absolute atomic E-state index is 12.4. The van der Waals surface area contributed by atoms with Gasteiger partial charge in [-0.05, 0) is 24.5 Å². The van der Waals surface area contributed by atoms with E-state index in [4.69, 9.17) is 10.9 Å². The van der Waals surface area contributed by atoms with E-state index < -0.39 is 10.0 Å². The van der Waals surface area contributed by atoms with E-state index in [0.717, 1.165) is 0 Å². The molecule has 0 bridgehead atoms. The number of hydrogen-bond acceptors (Lipinski definition) is 5. The molecule has 0 saturated carbocycles. The lowest BCUT2D eigenvalue weighted by Crippen LogP contribution is -2.30. The van der Waals surface area contributed by atoms with E-state index in [1.54, 1.807) is 18.2 Å². The summed E-state index contributed by atoms with van der Waals surface area (Å²) < 4.78 is 26.2. The average Bonchev–Trinajstić information content (AvgIpc) is 2.88. The zero-order chi connectivity index (χ0) is 13.2. The number of nitrogens with one attached hydrogen (secondary N) is 1. The van der Waals surface area contributed by atoms with Crippen molar-refractivity contribution in [2.24, 2.45) is 11.8 Å². The molecule has 0 spiro atoms. The summed E-state index contributed by atoms with van der Waals surface area (Å²) in [6.45, 7) is 0.813. The third-order valence-electron chi connectivity index (χ3n) is 3.17. The van der Waals surface area contributed by atoms with Gasteiger partial charge in [-0.1, -0.05) is 12.1 Å². The number of aliphatic hydroxyl groups excluding tert-OH is 1. The SMILES string of the molecule is NNc1ccccc1S(=O)(=O)N1CCC(CO)C1. The van der Waals surface area contributed by atoms with Crippen molar-refractivity contribution in [1.82, 2.24) is 4.31 Å². The van der Waals surface area contributed by atoms with Gasteiger partial charge in [0.2, 0.25) is 10.0 Å². The van der Waals surface area contributed by atoms with Crippen molar-refractivity contribution in [2.45, 2.75) is 11.3 Å². The van der Waals surface area contributed by atoms with Gasteiger partial charge in [-0.3, -0.25) is 5.84 Å². The smallest absolute Gasteiger partial charge is 0.245 e. The van der Waals surface area contributed by atoms with Crippen molar-refractivity contribution in [3.05, 3.63) is 24.3 Å². The summed E-state index contributed by atoms with van der Waals surface area (Å²) in [6.07, 6.45) is 0.688. The Labute approximate surface area is 106 Å². The summed E-state index contributed by atoms with van der Waals surface area (Å²) in [5.74, 6) is 5.35. The van der Waals surface area contributed by atoms with Crippen molar-refractivity contribution in [1.29, 1.82) is 0 Å². The molecule has 0 aliphatic carbocycles. The van der Waals surface area contributed by atoms with Gasteiger partial charge in [0.15, 0.2) is 0 Å². The van der Waals surface area contributed by atoms with E-state index in [9.17, 15) is 8.42 Å². The lowest BCUT2D eigenvalue weighted by atomic mass is 10.1. The van der Waals surface area contributed by atoms with Crippen LogP contribution in [0.25, 0.3) is 0 Å². The van der Waals surface area contributed by atoms with Crippen LogP contribution in [0.1, 0.15) is 6.42 Å². The summed E-state index contributed by atoms with van der Waals surface area (Å²) in [6, 6.07) is 6.52. The molecule has 100 valence electrons. The standard InChI is InChI=1S/C11H17N3O3S/c12-13-10-3-1-2-4-11(10)18(16,17)14-6-5-9(7-14)8-15/h1-4,9,13,15H,5-8,12H2. The highest BCUT2D eigenvalue weighted by atomic mass is 32.2. The van der Waals surface area contributed by atoms with Crippen LogP contribution >= 0.6 is 0 Å². The van der Waals surface area contributed by atoms with Gasteiger partial charge in [0, 0.05) is 19.7 Å². The molecule has 2 rings (SSSR count). The molecule has 1 fully saturated rings. The monoisotopic (exact) mass is 271 g/mol. The molecule has 1 aliphatic heterocycles. The first kappa shape index (κ1) is 13.3. The second kappa shape index (κ2) is 5.23. The van der Waals surface area contributed by atoms with Gasteiger partial charge in [-0.25, -0.2) is 8.42 Å². The number of hydrogen-bond donors (Lipinski definition) is 3. The van der Waals surface area contributed by atoms with Crippen LogP contribution in [-0.4, -0.2) is 37.5 Å². The van der Waals surface area contributed by atoms with Gasteiger partial charge < -0.3 is 10.5 Å². The fourth-order valence-corrected chi connectivity index (χ4v) is 3.80. The van der Waals surface area contributed by atoms with Crippen LogP contribution in [0.4, 0.5) is 5.69 Å². The molecule has 1 heterocycles. The third-order valence-corrected chi connectivity index (χ3v) is 5.09. The lowest BCUT2D eigenvalue weighted by molar-refractivity contribution is 0.233. The Morgan fingerprint density at radius 3 is 2.78 bits per heavy atom. The average molecular weight is 271 g/mol. The van der Waals surface area contributed by atoms with Crippen LogP contribution in [0.15, 0.2) is 29.2 Å². The van der Waals surface area contributed by atoms with Crippen LogP contribution in [0, 0.1) is 5.92 Å².